The van der Waals surface area contributed by atoms with Crippen molar-refractivity contribution < 1.29 is 18.7 Å². The average Bonchev–Trinajstić information content (AvgIpc) is 2.74. The second kappa shape index (κ2) is 9.75. The Morgan fingerprint density at radius 3 is 2.31 bits per heavy atom. The number of methoxy groups -OCH3 is 1. The van der Waals surface area contributed by atoms with Gasteiger partial charge in [-0.3, -0.25) is 9.59 Å². The van der Waals surface area contributed by atoms with E-state index in [1.807, 2.05) is 24.3 Å². The number of hydrogen-bond donors (Lipinski definition) is 2. The molecule has 3 rings (SSSR count). The molecule has 0 fully saturated rings. The molecule has 0 bridgehead atoms. The molecule has 5 nitrogen and oxygen atoms in total. The standard InChI is InChI=1S/C22H19FN2O3S/c1-28-17-10-12-18(13-11-17)29-14-21(26)25-20-5-3-2-4-19(20)22(27)24-16-8-6-15(23)7-9-16/h2-13H,14H2,1H3,(H,24,27)(H,25,26). The summed E-state index contributed by atoms with van der Waals surface area (Å²) in [5.74, 6) is -0.0617. The van der Waals surface area contributed by atoms with Gasteiger partial charge < -0.3 is 15.4 Å². The predicted molar refractivity (Wildman–Crippen MR) is 113 cm³/mol. The molecule has 3 aromatic rings. The smallest absolute Gasteiger partial charge is 0.257 e. The molecule has 7 heteroatoms. The van der Waals surface area contributed by atoms with Crippen LogP contribution in [0.15, 0.2) is 77.7 Å². The van der Waals surface area contributed by atoms with E-state index in [-0.39, 0.29) is 17.5 Å². The highest BCUT2D eigenvalue weighted by Gasteiger charge is 2.13. The van der Waals surface area contributed by atoms with Crippen LogP contribution >= 0.6 is 11.8 Å². The van der Waals surface area contributed by atoms with Gasteiger partial charge in [-0.05, 0) is 60.7 Å². The monoisotopic (exact) mass is 410 g/mol. The summed E-state index contributed by atoms with van der Waals surface area (Å²) < 4.78 is 18.1. The Labute approximate surface area is 172 Å². The summed E-state index contributed by atoms with van der Waals surface area (Å²) >= 11 is 1.38. The Morgan fingerprint density at radius 2 is 1.62 bits per heavy atom. The number of hydrogen-bond acceptors (Lipinski definition) is 4. The molecule has 2 amide bonds. The van der Waals surface area contributed by atoms with Crippen LogP contribution in [0.2, 0.25) is 0 Å². The van der Waals surface area contributed by atoms with Gasteiger partial charge in [0.15, 0.2) is 0 Å². The maximum absolute atomic E-state index is 13.0. The van der Waals surface area contributed by atoms with Gasteiger partial charge in [0.2, 0.25) is 5.91 Å². The number of carbonyl (C=O) groups excluding carboxylic acids is 2. The lowest BCUT2D eigenvalue weighted by molar-refractivity contribution is -0.113. The number of amides is 2. The number of benzene rings is 3. The van der Waals surface area contributed by atoms with Gasteiger partial charge in [0.05, 0.1) is 24.1 Å². The fourth-order valence-corrected chi connectivity index (χ4v) is 3.23. The Kier molecular flexibility index (Phi) is 6.86. The van der Waals surface area contributed by atoms with E-state index in [9.17, 15) is 14.0 Å². The van der Waals surface area contributed by atoms with Crippen LogP contribution < -0.4 is 15.4 Å². The summed E-state index contributed by atoms with van der Waals surface area (Å²) in [7, 11) is 1.60. The number of thioether (sulfide) groups is 1. The van der Waals surface area contributed by atoms with E-state index in [2.05, 4.69) is 10.6 Å². The molecule has 148 valence electrons. The molecule has 0 aromatic heterocycles. The van der Waals surface area contributed by atoms with Crippen LogP contribution in [0.5, 0.6) is 5.75 Å². The van der Waals surface area contributed by atoms with E-state index < -0.39 is 5.91 Å². The van der Waals surface area contributed by atoms with Gasteiger partial charge in [-0.2, -0.15) is 0 Å². The van der Waals surface area contributed by atoms with Crippen molar-refractivity contribution in [3.05, 3.63) is 84.2 Å². The quantitative estimate of drug-likeness (QED) is 0.548. The Morgan fingerprint density at radius 1 is 0.931 bits per heavy atom. The van der Waals surface area contributed by atoms with Crippen molar-refractivity contribution in [3.8, 4) is 5.75 Å². The summed E-state index contributed by atoms with van der Waals surface area (Å²) in [5.41, 5.74) is 1.19. The lowest BCUT2D eigenvalue weighted by Gasteiger charge is -2.11. The maximum atomic E-state index is 13.0. The summed E-state index contributed by atoms with van der Waals surface area (Å²) in [5, 5.41) is 5.47. The van der Waals surface area contributed by atoms with Crippen LogP contribution in [0, 0.1) is 5.82 Å². The van der Waals surface area contributed by atoms with Gasteiger partial charge in [-0.25, -0.2) is 4.39 Å². The summed E-state index contributed by atoms with van der Waals surface area (Å²) in [4.78, 5) is 25.9. The predicted octanol–water partition coefficient (Wildman–Crippen LogP) is 4.82. The van der Waals surface area contributed by atoms with Crippen LogP contribution in [-0.2, 0) is 4.79 Å². The molecule has 2 N–H and O–H groups in total. The van der Waals surface area contributed by atoms with Crippen molar-refractivity contribution >= 4 is 35.0 Å². The molecule has 3 aromatic carbocycles. The summed E-state index contributed by atoms with van der Waals surface area (Å²) in [6.07, 6.45) is 0. The molecule has 0 atom stereocenters. The Bertz CT molecular complexity index is 992. The molecular weight excluding hydrogens is 391 g/mol. The third-order valence-electron chi connectivity index (χ3n) is 3.98. The highest BCUT2D eigenvalue weighted by atomic mass is 32.2. The second-order valence-electron chi connectivity index (χ2n) is 6.02. The normalized spacial score (nSPS) is 10.3. The topological polar surface area (TPSA) is 67.4 Å². The van der Waals surface area contributed by atoms with Gasteiger partial charge in [-0.1, -0.05) is 12.1 Å². The van der Waals surface area contributed by atoms with Crippen LogP contribution in [0.4, 0.5) is 15.8 Å². The van der Waals surface area contributed by atoms with Crippen molar-refractivity contribution in [1.29, 1.82) is 0 Å². The van der Waals surface area contributed by atoms with E-state index in [0.29, 0.717) is 16.9 Å². The lowest BCUT2D eigenvalue weighted by Crippen LogP contribution is -2.19. The van der Waals surface area contributed by atoms with E-state index in [1.54, 1.807) is 31.4 Å². The van der Waals surface area contributed by atoms with E-state index >= 15 is 0 Å². The molecule has 0 aliphatic carbocycles. The number of para-hydroxylation sites is 1. The fraction of sp³-hybridized carbons (Fsp3) is 0.0909. The first-order valence-corrected chi connectivity index (χ1v) is 9.76. The number of halogens is 1. The van der Waals surface area contributed by atoms with Crippen LogP contribution in [-0.4, -0.2) is 24.7 Å². The summed E-state index contributed by atoms with van der Waals surface area (Å²) in [6, 6.07) is 19.6. The van der Waals surface area contributed by atoms with Crippen molar-refractivity contribution in [2.45, 2.75) is 4.90 Å². The molecule has 0 saturated carbocycles. The first-order valence-electron chi connectivity index (χ1n) is 8.78. The first-order chi connectivity index (χ1) is 14.0. The number of carbonyl (C=O) groups is 2. The van der Waals surface area contributed by atoms with Crippen LogP contribution in [0.3, 0.4) is 0 Å². The van der Waals surface area contributed by atoms with Gasteiger partial charge in [-0.15, -0.1) is 11.8 Å². The van der Waals surface area contributed by atoms with Crippen molar-refractivity contribution in [1.82, 2.24) is 0 Å². The zero-order valence-electron chi connectivity index (χ0n) is 15.6. The minimum atomic E-state index is -0.393. The van der Waals surface area contributed by atoms with Gasteiger partial charge in [0.1, 0.15) is 11.6 Å². The largest absolute Gasteiger partial charge is 0.497 e. The van der Waals surface area contributed by atoms with Crippen molar-refractivity contribution in [2.75, 3.05) is 23.5 Å². The average molecular weight is 410 g/mol. The summed E-state index contributed by atoms with van der Waals surface area (Å²) in [6.45, 7) is 0. The zero-order chi connectivity index (χ0) is 20.6. The number of ether oxygens (including phenoxy) is 1. The highest BCUT2D eigenvalue weighted by molar-refractivity contribution is 8.00. The number of rotatable bonds is 7. The van der Waals surface area contributed by atoms with E-state index in [4.69, 9.17) is 4.74 Å². The van der Waals surface area contributed by atoms with Gasteiger partial charge >= 0.3 is 0 Å². The molecule has 0 radical (unpaired) electrons. The molecule has 0 saturated heterocycles. The number of nitrogens with one attached hydrogen (secondary N) is 2. The number of anilines is 2. The van der Waals surface area contributed by atoms with Crippen LogP contribution in [0.25, 0.3) is 0 Å². The minimum Gasteiger partial charge on any atom is -0.497 e. The minimum absolute atomic E-state index is 0.195. The zero-order valence-corrected chi connectivity index (χ0v) is 16.5. The van der Waals surface area contributed by atoms with Crippen molar-refractivity contribution in [3.63, 3.8) is 0 Å². The van der Waals surface area contributed by atoms with Gasteiger partial charge in [0, 0.05) is 10.6 Å². The third kappa shape index (κ3) is 5.83. The molecule has 0 unspecified atom stereocenters. The van der Waals surface area contributed by atoms with Gasteiger partial charge in [0.25, 0.3) is 5.91 Å². The highest BCUT2D eigenvalue weighted by Crippen LogP contribution is 2.22. The third-order valence-corrected chi connectivity index (χ3v) is 4.99. The lowest BCUT2D eigenvalue weighted by atomic mass is 10.1. The SMILES string of the molecule is COc1ccc(SCC(=O)Nc2ccccc2C(=O)Nc2ccc(F)cc2)cc1. The molecule has 0 spiro atoms. The fourth-order valence-electron chi connectivity index (χ4n) is 2.53. The first kappa shape index (κ1) is 20.4. The molecule has 0 aliphatic heterocycles. The Balaban J connectivity index is 1.62. The Hall–Kier alpha value is -3.32. The molecule has 0 aliphatic rings. The second-order valence-corrected chi connectivity index (χ2v) is 7.07. The molecule has 29 heavy (non-hydrogen) atoms. The molecular formula is C22H19FN2O3S. The molecule has 0 heterocycles. The van der Waals surface area contributed by atoms with E-state index in [1.165, 1.54) is 36.0 Å². The van der Waals surface area contributed by atoms with Crippen molar-refractivity contribution in [2.24, 2.45) is 0 Å². The van der Waals surface area contributed by atoms with Crippen LogP contribution in [0.1, 0.15) is 10.4 Å². The maximum Gasteiger partial charge on any atom is 0.257 e. The van der Waals surface area contributed by atoms with E-state index in [0.717, 1.165) is 10.6 Å².